The molecule has 0 N–H and O–H groups in total. The summed E-state index contributed by atoms with van der Waals surface area (Å²) in [5.41, 5.74) is 0.619. The maximum Gasteiger partial charge on any atom is 0.161 e. The summed E-state index contributed by atoms with van der Waals surface area (Å²) in [4.78, 5) is 0. The first-order valence-corrected chi connectivity index (χ1v) is 7.01. The molecule has 0 bridgehead atoms. The van der Waals surface area contributed by atoms with E-state index in [0.29, 0.717) is 36.0 Å². The molecular formula is C16H16ClFO3. The van der Waals surface area contributed by atoms with Crippen LogP contribution in [0.15, 0.2) is 42.5 Å². The van der Waals surface area contributed by atoms with Crippen LogP contribution in [0, 0.1) is 5.82 Å². The van der Waals surface area contributed by atoms with E-state index in [2.05, 4.69) is 0 Å². The van der Waals surface area contributed by atoms with Crippen molar-refractivity contribution in [2.24, 2.45) is 0 Å². The van der Waals surface area contributed by atoms with E-state index in [1.54, 1.807) is 13.2 Å². The van der Waals surface area contributed by atoms with Gasteiger partial charge in [-0.2, -0.15) is 0 Å². The van der Waals surface area contributed by atoms with Gasteiger partial charge in [-0.25, -0.2) is 4.39 Å². The highest BCUT2D eigenvalue weighted by Crippen LogP contribution is 2.26. The summed E-state index contributed by atoms with van der Waals surface area (Å²) < 4.78 is 29.4. The van der Waals surface area contributed by atoms with Crippen LogP contribution in [-0.4, -0.2) is 20.3 Å². The second-order valence-corrected chi connectivity index (χ2v) is 4.50. The lowest BCUT2D eigenvalue weighted by molar-refractivity contribution is 0.210. The van der Waals surface area contributed by atoms with Crippen LogP contribution in [0.2, 0.25) is 0 Å². The molecule has 0 unspecified atom stereocenters. The number of hydrogen-bond acceptors (Lipinski definition) is 3. The van der Waals surface area contributed by atoms with E-state index < -0.39 is 0 Å². The Morgan fingerprint density at radius 2 is 1.62 bits per heavy atom. The summed E-state index contributed by atoms with van der Waals surface area (Å²) in [6, 6.07) is 11.6. The quantitative estimate of drug-likeness (QED) is 0.571. The lowest BCUT2D eigenvalue weighted by Crippen LogP contribution is -2.10. The first-order valence-electron chi connectivity index (χ1n) is 6.47. The molecule has 0 radical (unpaired) electrons. The highest BCUT2D eigenvalue weighted by Gasteiger charge is 2.06. The number of methoxy groups -OCH3 is 1. The van der Waals surface area contributed by atoms with Crippen molar-refractivity contribution in [2.75, 3.05) is 20.3 Å². The number of ether oxygens (including phenoxy) is 3. The highest BCUT2D eigenvalue weighted by molar-refractivity contribution is 6.17. The molecule has 0 amide bonds. The van der Waals surface area contributed by atoms with Crippen LogP contribution in [0.3, 0.4) is 0 Å². The molecule has 3 nitrogen and oxygen atoms in total. The molecule has 0 fully saturated rings. The van der Waals surface area contributed by atoms with Crippen LogP contribution in [0.4, 0.5) is 4.39 Å². The first kappa shape index (κ1) is 15.4. The second-order valence-electron chi connectivity index (χ2n) is 4.23. The predicted octanol–water partition coefficient (Wildman–Crippen LogP) is 4.03. The number of rotatable bonds is 7. The monoisotopic (exact) mass is 310 g/mol. The SMILES string of the molecule is COc1ccccc1OCCOc1ccc(F)cc1CCl. The van der Waals surface area contributed by atoms with E-state index in [1.165, 1.54) is 12.1 Å². The summed E-state index contributed by atoms with van der Waals surface area (Å²) in [6.45, 7) is 0.674. The lowest BCUT2D eigenvalue weighted by Gasteiger charge is -2.12. The second kappa shape index (κ2) is 7.74. The third-order valence-corrected chi connectivity index (χ3v) is 3.12. The molecule has 21 heavy (non-hydrogen) atoms. The van der Waals surface area contributed by atoms with Gasteiger partial charge in [-0.3, -0.25) is 0 Å². The van der Waals surface area contributed by atoms with Crippen molar-refractivity contribution < 1.29 is 18.6 Å². The molecule has 0 aliphatic rings. The normalized spacial score (nSPS) is 10.2. The Kier molecular flexibility index (Phi) is 5.69. The lowest BCUT2D eigenvalue weighted by atomic mass is 10.2. The van der Waals surface area contributed by atoms with Crippen molar-refractivity contribution in [1.29, 1.82) is 0 Å². The van der Waals surface area contributed by atoms with Gasteiger partial charge in [0.05, 0.1) is 13.0 Å². The minimum atomic E-state index is -0.330. The number of halogens is 2. The number of benzene rings is 2. The van der Waals surface area contributed by atoms with E-state index in [4.69, 9.17) is 25.8 Å². The molecule has 0 atom stereocenters. The van der Waals surface area contributed by atoms with Gasteiger partial charge in [-0.1, -0.05) is 12.1 Å². The predicted molar refractivity (Wildman–Crippen MR) is 79.9 cm³/mol. The summed E-state index contributed by atoms with van der Waals surface area (Å²) in [7, 11) is 1.59. The zero-order valence-corrected chi connectivity index (χ0v) is 12.4. The molecular weight excluding hydrogens is 295 g/mol. The molecule has 0 aromatic heterocycles. The Balaban J connectivity index is 1.87. The zero-order chi connectivity index (χ0) is 15.1. The van der Waals surface area contributed by atoms with Gasteiger partial charge in [0.25, 0.3) is 0 Å². The van der Waals surface area contributed by atoms with Gasteiger partial charge in [0, 0.05) is 5.56 Å². The topological polar surface area (TPSA) is 27.7 Å². The largest absolute Gasteiger partial charge is 0.493 e. The Morgan fingerprint density at radius 1 is 0.952 bits per heavy atom. The van der Waals surface area contributed by atoms with Crippen LogP contribution in [0.5, 0.6) is 17.2 Å². The Morgan fingerprint density at radius 3 is 2.29 bits per heavy atom. The molecule has 2 aromatic rings. The van der Waals surface area contributed by atoms with E-state index in [9.17, 15) is 4.39 Å². The van der Waals surface area contributed by atoms with Crippen molar-refractivity contribution in [3.05, 3.63) is 53.8 Å². The average molecular weight is 311 g/mol. The van der Waals surface area contributed by atoms with Crippen molar-refractivity contribution in [3.8, 4) is 17.2 Å². The van der Waals surface area contributed by atoms with Crippen LogP contribution in [0.1, 0.15) is 5.56 Å². The Bertz CT molecular complexity index is 589. The van der Waals surface area contributed by atoms with Crippen molar-refractivity contribution >= 4 is 11.6 Å². The van der Waals surface area contributed by atoms with E-state index in [-0.39, 0.29) is 11.7 Å². The molecule has 2 rings (SSSR count). The van der Waals surface area contributed by atoms with Crippen LogP contribution < -0.4 is 14.2 Å². The molecule has 0 spiro atoms. The number of alkyl halides is 1. The van der Waals surface area contributed by atoms with Gasteiger partial charge in [0.1, 0.15) is 24.8 Å². The Hall–Kier alpha value is -1.94. The van der Waals surface area contributed by atoms with E-state index >= 15 is 0 Å². The fourth-order valence-corrected chi connectivity index (χ4v) is 2.04. The van der Waals surface area contributed by atoms with Crippen LogP contribution >= 0.6 is 11.6 Å². The molecule has 0 aliphatic heterocycles. The van der Waals surface area contributed by atoms with Gasteiger partial charge in [-0.05, 0) is 30.3 Å². The molecule has 2 aromatic carbocycles. The number of hydrogen-bond donors (Lipinski definition) is 0. The van der Waals surface area contributed by atoms with Crippen LogP contribution in [0.25, 0.3) is 0 Å². The first-order chi connectivity index (χ1) is 10.2. The Labute approximate surface area is 128 Å². The molecule has 0 saturated heterocycles. The summed E-state index contributed by atoms with van der Waals surface area (Å²) in [5.74, 6) is 1.75. The fraction of sp³-hybridized carbons (Fsp3) is 0.250. The van der Waals surface area contributed by atoms with Gasteiger partial charge >= 0.3 is 0 Å². The molecule has 0 aliphatic carbocycles. The highest BCUT2D eigenvalue weighted by atomic mass is 35.5. The maximum absolute atomic E-state index is 13.1. The standard InChI is InChI=1S/C16H16ClFO3/c1-19-15-4-2-3-5-16(15)21-9-8-20-14-7-6-13(18)10-12(14)11-17/h2-7,10H,8-9,11H2,1H3. The number of para-hydroxylation sites is 2. The fourth-order valence-electron chi connectivity index (χ4n) is 1.83. The van der Waals surface area contributed by atoms with Crippen molar-refractivity contribution in [3.63, 3.8) is 0 Å². The van der Waals surface area contributed by atoms with Gasteiger partial charge in [0.2, 0.25) is 0 Å². The van der Waals surface area contributed by atoms with E-state index in [0.717, 1.165) is 0 Å². The third-order valence-electron chi connectivity index (χ3n) is 2.83. The summed E-state index contributed by atoms with van der Waals surface area (Å²) >= 11 is 5.76. The smallest absolute Gasteiger partial charge is 0.161 e. The van der Waals surface area contributed by atoms with Crippen molar-refractivity contribution in [2.45, 2.75) is 5.88 Å². The minimum Gasteiger partial charge on any atom is -0.493 e. The summed E-state index contributed by atoms with van der Waals surface area (Å²) in [6.07, 6.45) is 0. The van der Waals surface area contributed by atoms with E-state index in [1.807, 2.05) is 24.3 Å². The van der Waals surface area contributed by atoms with Gasteiger partial charge < -0.3 is 14.2 Å². The average Bonchev–Trinajstić information content (AvgIpc) is 2.52. The molecule has 5 heteroatoms. The maximum atomic E-state index is 13.1. The molecule has 0 heterocycles. The summed E-state index contributed by atoms with van der Waals surface area (Å²) in [5, 5.41) is 0. The zero-order valence-electron chi connectivity index (χ0n) is 11.6. The van der Waals surface area contributed by atoms with Crippen molar-refractivity contribution in [1.82, 2.24) is 0 Å². The van der Waals surface area contributed by atoms with Gasteiger partial charge in [0.15, 0.2) is 11.5 Å². The van der Waals surface area contributed by atoms with Gasteiger partial charge in [-0.15, -0.1) is 11.6 Å². The third kappa shape index (κ3) is 4.26. The minimum absolute atomic E-state index is 0.195. The molecule has 112 valence electrons. The molecule has 0 saturated carbocycles. The van der Waals surface area contributed by atoms with Crippen LogP contribution in [-0.2, 0) is 5.88 Å².